The molecule has 0 unspecified atom stereocenters. The van der Waals surface area contributed by atoms with Crippen LogP contribution < -0.4 is 10.3 Å². The molecule has 0 fully saturated rings. The normalized spacial score (nSPS) is 10.6. The summed E-state index contributed by atoms with van der Waals surface area (Å²) in [6.45, 7) is 1.07. The van der Waals surface area contributed by atoms with Gasteiger partial charge in [-0.2, -0.15) is 0 Å². The Morgan fingerprint density at radius 2 is 1.91 bits per heavy atom. The minimum atomic E-state index is -0.145. The van der Waals surface area contributed by atoms with Crippen LogP contribution in [-0.4, -0.2) is 26.7 Å². The van der Waals surface area contributed by atoms with Crippen molar-refractivity contribution in [3.8, 4) is 17.0 Å². The van der Waals surface area contributed by atoms with Gasteiger partial charge in [-0.15, -0.1) is 5.10 Å². The molecule has 0 atom stereocenters. The molecule has 0 amide bonds. The van der Waals surface area contributed by atoms with Gasteiger partial charge in [0.25, 0.3) is 5.56 Å². The number of methoxy groups -OCH3 is 1. The smallest absolute Gasteiger partial charge is 0.292 e. The van der Waals surface area contributed by atoms with Gasteiger partial charge in [-0.1, -0.05) is 35.5 Å². The molecular formula is C16H16N4O2. The number of hydrogen-bond donors (Lipinski definition) is 0. The molecule has 112 valence electrons. The van der Waals surface area contributed by atoms with Gasteiger partial charge in [-0.05, 0) is 12.1 Å². The molecule has 0 saturated heterocycles. The van der Waals surface area contributed by atoms with E-state index in [1.54, 1.807) is 27.6 Å². The third-order valence-corrected chi connectivity index (χ3v) is 3.38. The summed E-state index contributed by atoms with van der Waals surface area (Å²) in [5, 5.41) is 8.26. The largest absolute Gasteiger partial charge is 0.491 e. The van der Waals surface area contributed by atoms with Gasteiger partial charge in [0.1, 0.15) is 5.69 Å². The van der Waals surface area contributed by atoms with Crippen molar-refractivity contribution in [2.24, 2.45) is 0 Å². The molecule has 0 saturated carbocycles. The van der Waals surface area contributed by atoms with E-state index in [9.17, 15) is 4.79 Å². The number of rotatable bonds is 5. The number of hydrogen-bond acceptors (Lipinski definition) is 4. The highest BCUT2D eigenvalue weighted by atomic mass is 16.5. The number of ether oxygens (including phenoxy) is 1. The van der Waals surface area contributed by atoms with E-state index in [1.165, 1.54) is 7.11 Å². The highest BCUT2D eigenvalue weighted by molar-refractivity contribution is 5.57. The fraction of sp³-hybridized carbons (Fsp3) is 0.188. The van der Waals surface area contributed by atoms with Crippen LogP contribution in [0.2, 0.25) is 0 Å². The lowest BCUT2D eigenvalue weighted by Crippen LogP contribution is -2.22. The first-order valence-electron chi connectivity index (χ1n) is 6.97. The number of aromatic nitrogens is 4. The van der Waals surface area contributed by atoms with Gasteiger partial charge < -0.3 is 9.30 Å². The van der Waals surface area contributed by atoms with E-state index >= 15 is 0 Å². The van der Waals surface area contributed by atoms with E-state index in [4.69, 9.17) is 4.74 Å². The summed E-state index contributed by atoms with van der Waals surface area (Å²) in [7, 11) is 1.49. The molecule has 0 radical (unpaired) electrons. The summed E-state index contributed by atoms with van der Waals surface area (Å²) in [4.78, 5) is 12.0. The minimum Gasteiger partial charge on any atom is -0.491 e. The molecule has 6 heteroatoms. The third kappa shape index (κ3) is 2.90. The van der Waals surface area contributed by atoms with Crippen LogP contribution in [0.25, 0.3) is 11.3 Å². The number of benzene rings is 1. The molecule has 22 heavy (non-hydrogen) atoms. The lowest BCUT2D eigenvalue weighted by Gasteiger charge is -2.06. The Labute approximate surface area is 127 Å². The van der Waals surface area contributed by atoms with Crippen molar-refractivity contribution >= 4 is 0 Å². The van der Waals surface area contributed by atoms with Crippen molar-refractivity contribution in [1.82, 2.24) is 19.6 Å². The first kappa shape index (κ1) is 14.1. The summed E-state index contributed by atoms with van der Waals surface area (Å²) in [6.07, 6.45) is 3.61. The zero-order valence-corrected chi connectivity index (χ0v) is 12.2. The first-order chi connectivity index (χ1) is 10.8. The quantitative estimate of drug-likeness (QED) is 0.720. The summed E-state index contributed by atoms with van der Waals surface area (Å²) in [5.74, 6) is 0.339. The average Bonchev–Trinajstić information content (AvgIpc) is 3.04. The van der Waals surface area contributed by atoms with Crippen molar-refractivity contribution < 1.29 is 4.74 Å². The summed E-state index contributed by atoms with van der Waals surface area (Å²) < 4.78 is 8.36. The van der Waals surface area contributed by atoms with Crippen LogP contribution in [0.3, 0.4) is 0 Å². The van der Waals surface area contributed by atoms with Crippen molar-refractivity contribution in [3.05, 3.63) is 65.2 Å². The molecule has 3 rings (SSSR count). The lowest BCUT2D eigenvalue weighted by atomic mass is 10.2. The molecule has 2 aromatic heterocycles. The number of aryl methyl sites for hydroxylation is 2. The van der Waals surface area contributed by atoms with Gasteiger partial charge >= 0.3 is 0 Å². The maximum atomic E-state index is 12.0. The highest BCUT2D eigenvalue weighted by Gasteiger charge is 2.05. The van der Waals surface area contributed by atoms with E-state index in [2.05, 4.69) is 10.3 Å². The summed E-state index contributed by atoms with van der Waals surface area (Å²) in [6, 6.07) is 13.3. The molecule has 0 aliphatic heterocycles. The van der Waals surface area contributed by atoms with Crippen molar-refractivity contribution in [2.75, 3.05) is 7.11 Å². The van der Waals surface area contributed by atoms with Gasteiger partial charge in [-0.3, -0.25) is 9.48 Å². The summed E-state index contributed by atoms with van der Waals surface area (Å²) in [5.41, 5.74) is 1.69. The molecule has 2 heterocycles. The lowest BCUT2D eigenvalue weighted by molar-refractivity contribution is 0.399. The van der Waals surface area contributed by atoms with Gasteiger partial charge in [0.15, 0.2) is 5.75 Å². The molecule has 0 spiro atoms. The molecule has 1 aromatic carbocycles. The first-order valence-corrected chi connectivity index (χ1v) is 6.97. The predicted octanol–water partition coefficient (Wildman–Crippen LogP) is 1.82. The second-order valence-corrected chi connectivity index (χ2v) is 4.81. The van der Waals surface area contributed by atoms with Crippen molar-refractivity contribution in [1.29, 1.82) is 0 Å². The fourth-order valence-corrected chi connectivity index (χ4v) is 2.21. The maximum absolute atomic E-state index is 12.0. The molecule has 0 N–H and O–H groups in total. The molecule has 0 aliphatic carbocycles. The van der Waals surface area contributed by atoms with Gasteiger partial charge in [0.2, 0.25) is 0 Å². The highest BCUT2D eigenvalue weighted by Crippen LogP contribution is 2.14. The van der Waals surface area contributed by atoms with E-state index in [0.717, 1.165) is 11.3 Å². The van der Waals surface area contributed by atoms with E-state index < -0.39 is 0 Å². The Hall–Kier alpha value is -2.89. The van der Waals surface area contributed by atoms with E-state index in [0.29, 0.717) is 18.8 Å². The predicted molar refractivity (Wildman–Crippen MR) is 82.7 cm³/mol. The second-order valence-electron chi connectivity index (χ2n) is 4.81. The van der Waals surface area contributed by atoms with E-state index in [-0.39, 0.29) is 5.56 Å². The molecule has 6 nitrogen and oxygen atoms in total. The van der Waals surface area contributed by atoms with Crippen molar-refractivity contribution in [2.45, 2.75) is 13.1 Å². The van der Waals surface area contributed by atoms with Crippen LogP contribution in [0.4, 0.5) is 0 Å². The monoisotopic (exact) mass is 296 g/mol. The van der Waals surface area contributed by atoms with Gasteiger partial charge in [0, 0.05) is 18.3 Å². The maximum Gasteiger partial charge on any atom is 0.292 e. The zero-order valence-electron chi connectivity index (χ0n) is 12.2. The third-order valence-electron chi connectivity index (χ3n) is 3.38. The molecule has 0 aliphatic rings. The van der Waals surface area contributed by atoms with Crippen LogP contribution in [0, 0.1) is 0 Å². The molecule has 3 aromatic rings. The zero-order chi connectivity index (χ0) is 15.4. The average molecular weight is 296 g/mol. The number of nitrogens with zero attached hydrogens (tertiary/aromatic N) is 4. The Morgan fingerprint density at radius 1 is 1.09 bits per heavy atom. The Balaban J connectivity index is 1.73. The van der Waals surface area contributed by atoms with Crippen LogP contribution in [0.5, 0.6) is 5.75 Å². The van der Waals surface area contributed by atoms with Crippen LogP contribution >= 0.6 is 0 Å². The van der Waals surface area contributed by atoms with Gasteiger partial charge in [0.05, 0.1) is 19.9 Å². The second kappa shape index (κ2) is 6.26. The Morgan fingerprint density at radius 3 is 2.68 bits per heavy atom. The number of pyridine rings is 1. The van der Waals surface area contributed by atoms with Crippen molar-refractivity contribution in [3.63, 3.8) is 0 Å². The van der Waals surface area contributed by atoms with E-state index in [1.807, 2.05) is 36.5 Å². The molecule has 0 bridgehead atoms. The van der Waals surface area contributed by atoms with Crippen LogP contribution in [0.15, 0.2) is 59.7 Å². The topological polar surface area (TPSA) is 61.9 Å². The summed E-state index contributed by atoms with van der Waals surface area (Å²) >= 11 is 0. The Bertz CT molecular complexity index is 808. The van der Waals surface area contributed by atoms with Gasteiger partial charge in [-0.25, -0.2) is 0 Å². The Kier molecular flexibility index (Phi) is 4.00. The standard InChI is InChI=1S/C16H16N4O2/c1-22-15-8-5-9-19(16(15)21)10-11-20-12-14(17-18-20)13-6-3-2-4-7-13/h2-9,12H,10-11H2,1H3. The van der Waals surface area contributed by atoms with Crippen LogP contribution in [0.1, 0.15) is 0 Å². The molecular weight excluding hydrogens is 280 g/mol. The fourth-order valence-electron chi connectivity index (χ4n) is 2.21. The SMILES string of the molecule is COc1cccn(CCn2cc(-c3ccccc3)nn2)c1=O. The van der Waals surface area contributed by atoms with Crippen LogP contribution in [-0.2, 0) is 13.1 Å². The minimum absolute atomic E-state index is 0.145.